The maximum atomic E-state index is 12.5. The molecular weight excluding hydrogens is 320 g/mol. The van der Waals surface area contributed by atoms with Gasteiger partial charge >= 0.3 is 0 Å². The third-order valence-corrected chi connectivity index (χ3v) is 4.85. The van der Waals surface area contributed by atoms with Gasteiger partial charge in [-0.3, -0.25) is 19.3 Å². The largest absolute Gasteiger partial charge is 0.479 e. The van der Waals surface area contributed by atoms with Gasteiger partial charge in [-0.15, -0.1) is 0 Å². The predicted octanol–water partition coefficient (Wildman–Crippen LogP) is 2.45. The van der Waals surface area contributed by atoms with Gasteiger partial charge in [-0.25, -0.2) is 0 Å². The summed E-state index contributed by atoms with van der Waals surface area (Å²) in [6.07, 6.45) is 4.80. The highest BCUT2D eigenvalue weighted by Crippen LogP contribution is 2.35. The fraction of sp³-hybridized carbons (Fsp3) is 0.526. The number of fused-ring (bicyclic) bond motifs is 1. The van der Waals surface area contributed by atoms with Crippen molar-refractivity contribution in [2.75, 3.05) is 11.4 Å². The van der Waals surface area contributed by atoms with Gasteiger partial charge in [0.15, 0.2) is 11.9 Å². The molecule has 1 heterocycles. The van der Waals surface area contributed by atoms with Crippen molar-refractivity contribution < 1.29 is 19.1 Å². The lowest BCUT2D eigenvalue weighted by Gasteiger charge is -2.33. The van der Waals surface area contributed by atoms with E-state index in [9.17, 15) is 14.4 Å². The summed E-state index contributed by atoms with van der Waals surface area (Å²) in [5.74, 6) is -0.0245. The number of Topliss-reactive ketones (excluding diaryl/α,β-unsaturated/α-hetero) is 1. The molecule has 0 spiro atoms. The maximum absolute atomic E-state index is 12.5. The van der Waals surface area contributed by atoms with Crippen molar-refractivity contribution in [2.45, 2.75) is 58.1 Å². The number of nitrogens with zero attached hydrogens (tertiary/aromatic N) is 1. The van der Waals surface area contributed by atoms with E-state index in [1.54, 1.807) is 25.1 Å². The SMILES string of the molecule is CC(=O)c1ccc2c(c1)N(CC(=O)NC1CCCCC1)C(=O)C(C)O2. The lowest BCUT2D eigenvalue weighted by atomic mass is 9.95. The van der Waals surface area contributed by atoms with Crippen molar-refractivity contribution in [3.8, 4) is 5.75 Å². The number of hydrogen-bond donors (Lipinski definition) is 1. The van der Waals surface area contributed by atoms with Crippen LogP contribution in [0.2, 0.25) is 0 Å². The molecular formula is C19H24N2O4. The minimum absolute atomic E-state index is 0.0581. The van der Waals surface area contributed by atoms with Gasteiger partial charge in [0.1, 0.15) is 12.3 Å². The van der Waals surface area contributed by atoms with Crippen LogP contribution in [-0.2, 0) is 9.59 Å². The van der Waals surface area contributed by atoms with Gasteiger partial charge in [0.25, 0.3) is 5.91 Å². The van der Waals surface area contributed by atoms with Gasteiger partial charge in [0.2, 0.25) is 5.91 Å². The number of ketones is 1. The van der Waals surface area contributed by atoms with Gasteiger partial charge in [-0.1, -0.05) is 19.3 Å². The highest BCUT2D eigenvalue weighted by Gasteiger charge is 2.33. The lowest BCUT2D eigenvalue weighted by Crippen LogP contribution is -2.50. The minimum atomic E-state index is -0.654. The van der Waals surface area contributed by atoms with Crippen LogP contribution in [0.15, 0.2) is 18.2 Å². The van der Waals surface area contributed by atoms with Crippen molar-refractivity contribution in [1.29, 1.82) is 0 Å². The van der Waals surface area contributed by atoms with Crippen molar-refractivity contribution in [1.82, 2.24) is 5.32 Å². The molecule has 2 aliphatic rings. The molecule has 1 N–H and O–H groups in total. The molecule has 0 bridgehead atoms. The molecule has 6 nitrogen and oxygen atoms in total. The monoisotopic (exact) mass is 344 g/mol. The maximum Gasteiger partial charge on any atom is 0.268 e. The average Bonchev–Trinajstić information content (AvgIpc) is 2.59. The second kappa shape index (κ2) is 7.25. The Labute approximate surface area is 147 Å². The molecule has 3 rings (SSSR count). The zero-order valence-electron chi connectivity index (χ0n) is 14.7. The normalized spacial score (nSPS) is 20.6. The Balaban J connectivity index is 1.79. The molecule has 1 atom stereocenters. The summed E-state index contributed by atoms with van der Waals surface area (Å²) in [5.41, 5.74) is 0.969. The van der Waals surface area contributed by atoms with E-state index in [2.05, 4.69) is 5.32 Å². The number of anilines is 1. The van der Waals surface area contributed by atoms with E-state index in [0.717, 1.165) is 25.7 Å². The molecule has 25 heavy (non-hydrogen) atoms. The fourth-order valence-corrected chi connectivity index (χ4v) is 3.45. The molecule has 1 unspecified atom stereocenters. The van der Waals surface area contributed by atoms with Crippen molar-refractivity contribution >= 4 is 23.3 Å². The van der Waals surface area contributed by atoms with Crippen LogP contribution in [-0.4, -0.2) is 36.3 Å². The lowest BCUT2D eigenvalue weighted by molar-refractivity contribution is -0.128. The summed E-state index contributed by atoms with van der Waals surface area (Å²) in [6.45, 7) is 3.07. The van der Waals surface area contributed by atoms with Crippen LogP contribution < -0.4 is 15.0 Å². The molecule has 1 aliphatic heterocycles. The zero-order valence-corrected chi connectivity index (χ0v) is 14.7. The minimum Gasteiger partial charge on any atom is -0.479 e. The first kappa shape index (κ1) is 17.5. The summed E-state index contributed by atoms with van der Waals surface area (Å²) in [6, 6.07) is 5.17. The van der Waals surface area contributed by atoms with Gasteiger partial charge in [-0.2, -0.15) is 0 Å². The number of benzene rings is 1. The summed E-state index contributed by atoms with van der Waals surface area (Å²) >= 11 is 0. The van der Waals surface area contributed by atoms with Crippen LogP contribution in [0.25, 0.3) is 0 Å². The van der Waals surface area contributed by atoms with E-state index in [-0.39, 0.29) is 30.2 Å². The first-order valence-corrected chi connectivity index (χ1v) is 8.88. The van der Waals surface area contributed by atoms with Crippen LogP contribution in [0.1, 0.15) is 56.3 Å². The zero-order chi connectivity index (χ0) is 18.0. The van der Waals surface area contributed by atoms with E-state index in [4.69, 9.17) is 4.74 Å². The molecule has 1 aromatic carbocycles. The van der Waals surface area contributed by atoms with Gasteiger partial charge in [0, 0.05) is 11.6 Å². The number of carbonyl (C=O) groups is 3. The number of nitrogens with one attached hydrogen (secondary N) is 1. The standard InChI is InChI=1S/C19H24N2O4/c1-12(22)14-8-9-17-16(10-14)21(19(24)13(2)25-17)11-18(23)20-15-6-4-3-5-7-15/h8-10,13,15H,3-7,11H2,1-2H3,(H,20,23). The van der Waals surface area contributed by atoms with Crippen LogP contribution >= 0.6 is 0 Å². The number of hydrogen-bond acceptors (Lipinski definition) is 4. The number of ether oxygens (including phenoxy) is 1. The Morgan fingerprint density at radius 3 is 2.64 bits per heavy atom. The molecule has 2 amide bonds. The summed E-state index contributed by atoms with van der Waals surface area (Å²) in [5, 5.41) is 3.03. The van der Waals surface area contributed by atoms with Crippen molar-refractivity contribution in [3.05, 3.63) is 23.8 Å². The number of carbonyl (C=O) groups excluding carboxylic acids is 3. The molecule has 134 valence electrons. The molecule has 0 aromatic heterocycles. The fourth-order valence-electron chi connectivity index (χ4n) is 3.45. The molecule has 6 heteroatoms. The van der Waals surface area contributed by atoms with E-state index in [1.165, 1.54) is 18.2 Å². The van der Waals surface area contributed by atoms with E-state index < -0.39 is 6.10 Å². The Bertz CT molecular complexity index is 695. The van der Waals surface area contributed by atoms with Crippen molar-refractivity contribution in [2.24, 2.45) is 0 Å². The van der Waals surface area contributed by atoms with E-state index in [0.29, 0.717) is 17.0 Å². The van der Waals surface area contributed by atoms with E-state index >= 15 is 0 Å². The number of amides is 2. The first-order valence-electron chi connectivity index (χ1n) is 8.88. The molecule has 1 aromatic rings. The van der Waals surface area contributed by atoms with Crippen LogP contribution in [0.4, 0.5) is 5.69 Å². The van der Waals surface area contributed by atoms with Gasteiger partial charge < -0.3 is 10.1 Å². The average molecular weight is 344 g/mol. The molecule has 0 radical (unpaired) electrons. The Morgan fingerprint density at radius 2 is 1.96 bits per heavy atom. The third-order valence-electron chi connectivity index (χ3n) is 4.85. The van der Waals surface area contributed by atoms with E-state index in [1.807, 2.05) is 0 Å². The highest BCUT2D eigenvalue weighted by atomic mass is 16.5. The van der Waals surface area contributed by atoms with Crippen molar-refractivity contribution in [3.63, 3.8) is 0 Å². The van der Waals surface area contributed by atoms with Crippen LogP contribution in [0, 0.1) is 0 Å². The second-order valence-corrected chi connectivity index (χ2v) is 6.83. The Kier molecular flexibility index (Phi) is 5.06. The Hall–Kier alpha value is -2.37. The van der Waals surface area contributed by atoms with Crippen LogP contribution in [0.3, 0.4) is 0 Å². The third kappa shape index (κ3) is 3.83. The summed E-state index contributed by atoms with van der Waals surface area (Å²) in [4.78, 5) is 38.1. The topological polar surface area (TPSA) is 75.7 Å². The Morgan fingerprint density at radius 1 is 1.24 bits per heavy atom. The first-order chi connectivity index (χ1) is 12.0. The van der Waals surface area contributed by atoms with Crippen LogP contribution in [0.5, 0.6) is 5.75 Å². The molecule has 1 saturated carbocycles. The summed E-state index contributed by atoms with van der Waals surface area (Å²) < 4.78 is 5.61. The smallest absolute Gasteiger partial charge is 0.268 e. The molecule has 0 saturated heterocycles. The highest BCUT2D eigenvalue weighted by molar-refractivity contribution is 6.05. The van der Waals surface area contributed by atoms with Gasteiger partial charge in [-0.05, 0) is 44.9 Å². The quantitative estimate of drug-likeness (QED) is 0.851. The molecule has 1 fully saturated rings. The summed E-state index contributed by atoms with van der Waals surface area (Å²) in [7, 11) is 0. The number of rotatable bonds is 4. The second-order valence-electron chi connectivity index (χ2n) is 6.83. The van der Waals surface area contributed by atoms with Gasteiger partial charge in [0.05, 0.1) is 5.69 Å². The molecule has 1 aliphatic carbocycles. The predicted molar refractivity (Wildman–Crippen MR) is 93.9 cm³/mol.